The molecule has 1 saturated heterocycles. The van der Waals surface area contributed by atoms with Crippen molar-refractivity contribution in [2.75, 3.05) is 6.54 Å². The minimum Gasteiger partial charge on any atom is -0.481 e. The van der Waals surface area contributed by atoms with Crippen LogP contribution in [0.15, 0.2) is 18.2 Å². The summed E-state index contributed by atoms with van der Waals surface area (Å²) in [6.45, 7) is 3.57. The van der Waals surface area contributed by atoms with Crippen LogP contribution in [0.25, 0.3) is 0 Å². The van der Waals surface area contributed by atoms with Gasteiger partial charge < -0.3 is 10.0 Å². The molecule has 2 rings (SSSR count). The van der Waals surface area contributed by atoms with Gasteiger partial charge in [-0.3, -0.25) is 19.7 Å². The number of rotatable bonds is 3. The van der Waals surface area contributed by atoms with Gasteiger partial charge in [0.2, 0.25) is 0 Å². The largest absolute Gasteiger partial charge is 0.481 e. The number of carboxylic acids is 1. The maximum absolute atomic E-state index is 12.5. The van der Waals surface area contributed by atoms with E-state index in [1.165, 1.54) is 30.0 Å². The molecule has 1 aliphatic heterocycles. The third kappa shape index (κ3) is 2.58. The van der Waals surface area contributed by atoms with Crippen LogP contribution in [0.2, 0.25) is 0 Å². The van der Waals surface area contributed by atoms with Crippen molar-refractivity contribution in [1.82, 2.24) is 4.90 Å². The number of hydrogen-bond donors (Lipinski definition) is 1. The lowest BCUT2D eigenvalue weighted by Gasteiger charge is -2.24. The summed E-state index contributed by atoms with van der Waals surface area (Å²) in [6, 6.07) is 3.92. The fraction of sp³-hybridized carbons (Fsp3) is 0.429. The standard InChI is InChI=1S/C14H16N2O5/c1-8-10(4-3-5-12(8)16(20)21)13(17)15-7-6-11(9(15)2)14(18)19/h3-5,9,11H,6-7H2,1-2H3,(H,18,19). The van der Waals surface area contributed by atoms with Gasteiger partial charge in [-0.15, -0.1) is 0 Å². The van der Waals surface area contributed by atoms with E-state index in [0.717, 1.165) is 0 Å². The molecular weight excluding hydrogens is 276 g/mol. The molecule has 1 amide bonds. The fourth-order valence-electron chi connectivity index (χ4n) is 2.76. The topological polar surface area (TPSA) is 101 Å². The second-order valence-corrected chi connectivity index (χ2v) is 5.18. The number of carbonyl (C=O) groups is 2. The minimum absolute atomic E-state index is 0.109. The van der Waals surface area contributed by atoms with E-state index < -0.39 is 22.9 Å². The number of aliphatic carboxylic acids is 1. The van der Waals surface area contributed by atoms with Crippen LogP contribution in [0, 0.1) is 23.0 Å². The van der Waals surface area contributed by atoms with E-state index in [1.807, 2.05) is 0 Å². The van der Waals surface area contributed by atoms with Gasteiger partial charge in [0.15, 0.2) is 0 Å². The molecule has 21 heavy (non-hydrogen) atoms. The van der Waals surface area contributed by atoms with Crippen LogP contribution in [-0.4, -0.2) is 39.4 Å². The van der Waals surface area contributed by atoms with Gasteiger partial charge in [-0.2, -0.15) is 0 Å². The molecule has 2 atom stereocenters. The summed E-state index contributed by atoms with van der Waals surface area (Å²) in [5.74, 6) is -1.87. The molecule has 0 radical (unpaired) electrons. The Kier molecular flexibility index (Phi) is 3.93. The molecule has 1 aromatic rings. The highest BCUT2D eigenvalue weighted by atomic mass is 16.6. The molecular formula is C14H16N2O5. The zero-order valence-corrected chi connectivity index (χ0v) is 11.8. The normalized spacial score (nSPS) is 21.3. The lowest BCUT2D eigenvalue weighted by Crippen LogP contribution is -2.38. The minimum atomic E-state index is -0.923. The first-order valence-electron chi connectivity index (χ1n) is 6.62. The number of carbonyl (C=O) groups excluding carboxylic acids is 1. The first-order valence-corrected chi connectivity index (χ1v) is 6.62. The van der Waals surface area contributed by atoms with E-state index in [4.69, 9.17) is 5.11 Å². The van der Waals surface area contributed by atoms with E-state index >= 15 is 0 Å². The van der Waals surface area contributed by atoms with Crippen LogP contribution in [0.3, 0.4) is 0 Å². The number of benzene rings is 1. The third-order valence-corrected chi connectivity index (χ3v) is 4.07. The van der Waals surface area contributed by atoms with E-state index in [9.17, 15) is 19.7 Å². The van der Waals surface area contributed by atoms with E-state index in [-0.39, 0.29) is 17.2 Å². The molecule has 0 saturated carbocycles. The van der Waals surface area contributed by atoms with Crippen molar-refractivity contribution in [1.29, 1.82) is 0 Å². The number of nitro benzene ring substituents is 1. The number of carboxylic acid groups (broad SMARTS) is 1. The second kappa shape index (κ2) is 5.51. The van der Waals surface area contributed by atoms with Gasteiger partial charge in [0.1, 0.15) is 0 Å². The lowest BCUT2D eigenvalue weighted by molar-refractivity contribution is -0.385. The predicted molar refractivity (Wildman–Crippen MR) is 74.1 cm³/mol. The number of nitro groups is 1. The van der Waals surface area contributed by atoms with E-state index in [2.05, 4.69) is 0 Å². The fourth-order valence-corrected chi connectivity index (χ4v) is 2.76. The molecule has 7 heteroatoms. The van der Waals surface area contributed by atoms with Gasteiger partial charge in [0.25, 0.3) is 11.6 Å². The number of likely N-dealkylation sites (tertiary alicyclic amines) is 1. The van der Waals surface area contributed by atoms with Gasteiger partial charge in [-0.25, -0.2) is 0 Å². The molecule has 0 aliphatic carbocycles. The summed E-state index contributed by atoms with van der Waals surface area (Å²) in [7, 11) is 0. The quantitative estimate of drug-likeness (QED) is 0.676. The highest BCUT2D eigenvalue weighted by Gasteiger charge is 2.39. The van der Waals surface area contributed by atoms with Crippen molar-refractivity contribution in [2.45, 2.75) is 26.3 Å². The highest BCUT2D eigenvalue weighted by Crippen LogP contribution is 2.28. The van der Waals surface area contributed by atoms with Crippen LogP contribution >= 0.6 is 0 Å². The molecule has 1 N–H and O–H groups in total. The number of hydrogen-bond acceptors (Lipinski definition) is 4. The van der Waals surface area contributed by atoms with Crippen molar-refractivity contribution in [3.05, 3.63) is 39.4 Å². The smallest absolute Gasteiger partial charge is 0.308 e. The van der Waals surface area contributed by atoms with Crippen LogP contribution < -0.4 is 0 Å². The summed E-state index contributed by atoms with van der Waals surface area (Å²) in [4.78, 5) is 35.5. The molecule has 7 nitrogen and oxygen atoms in total. The Bertz CT molecular complexity index is 613. The number of nitrogens with zero attached hydrogens (tertiary/aromatic N) is 2. The van der Waals surface area contributed by atoms with Gasteiger partial charge in [0, 0.05) is 29.8 Å². The summed E-state index contributed by atoms with van der Waals surface area (Å²) in [5, 5.41) is 20.0. The Morgan fingerprint density at radius 3 is 2.62 bits per heavy atom. The highest BCUT2D eigenvalue weighted by molar-refractivity contribution is 5.97. The van der Waals surface area contributed by atoms with Crippen LogP contribution in [0.5, 0.6) is 0 Å². The Labute approximate surface area is 121 Å². The van der Waals surface area contributed by atoms with Crippen molar-refractivity contribution >= 4 is 17.6 Å². The van der Waals surface area contributed by atoms with Crippen LogP contribution in [-0.2, 0) is 4.79 Å². The molecule has 1 aliphatic rings. The van der Waals surface area contributed by atoms with Gasteiger partial charge >= 0.3 is 5.97 Å². The van der Waals surface area contributed by atoms with E-state index in [0.29, 0.717) is 18.5 Å². The van der Waals surface area contributed by atoms with Crippen LogP contribution in [0.4, 0.5) is 5.69 Å². The lowest BCUT2D eigenvalue weighted by atomic mass is 10.0. The monoisotopic (exact) mass is 292 g/mol. The summed E-state index contributed by atoms with van der Waals surface area (Å²) >= 11 is 0. The van der Waals surface area contributed by atoms with Gasteiger partial charge in [-0.1, -0.05) is 6.07 Å². The van der Waals surface area contributed by atoms with E-state index in [1.54, 1.807) is 6.92 Å². The molecule has 112 valence electrons. The molecule has 0 aromatic heterocycles. The molecule has 1 fully saturated rings. The predicted octanol–water partition coefficient (Wildman–Crippen LogP) is 1.84. The first kappa shape index (κ1) is 15.0. The summed E-state index contributed by atoms with van der Waals surface area (Å²) < 4.78 is 0. The van der Waals surface area contributed by atoms with Crippen LogP contribution in [0.1, 0.15) is 29.3 Å². The zero-order chi connectivity index (χ0) is 15.7. The maximum atomic E-state index is 12.5. The van der Waals surface area contributed by atoms with Crippen molar-refractivity contribution in [2.24, 2.45) is 5.92 Å². The summed E-state index contributed by atoms with van der Waals surface area (Å²) in [6.07, 6.45) is 0.399. The Hall–Kier alpha value is -2.44. The molecule has 1 heterocycles. The van der Waals surface area contributed by atoms with Gasteiger partial charge in [0.05, 0.1) is 10.8 Å². The van der Waals surface area contributed by atoms with Crippen molar-refractivity contribution < 1.29 is 19.6 Å². The molecule has 1 aromatic carbocycles. The Balaban J connectivity index is 2.32. The first-order chi connectivity index (χ1) is 9.84. The Morgan fingerprint density at radius 1 is 1.43 bits per heavy atom. The van der Waals surface area contributed by atoms with Crippen molar-refractivity contribution in [3.63, 3.8) is 0 Å². The SMILES string of the molecule is Cc1c(C(=O)N2CCC(C(=O)O)C2C)cccc1[N+](=O)[O-]. The average Bonchev–Trinajstić information content (AvgIpc) is 2.80. The second-order valence-electron chi connectivity index (χ2n) is 5.18. The molecule has 0 spiro atoms. The molecule has 2 unspecified atom stereocenters. The molecule has 0 bridgehead atoms. The Morgan fingerprint density at radius 2 is 2.10 bits per heavy atom. The maximum Gasteiger partial charge on any atom is 0.308 e. The van der Waals surface area contributed by atoms with Gasteiger partial charge in [-0.05, 0) is 26.3 Å². The third-order valence-electron chi connectivity index (χ3n) is 4.07. The number of amides is 1. The zero-order valence-electron chi connectivity index (χ0n) is 11.8. The summed E-state index contributed by atoms with van der Waals surface area (Å²) in [5.41, 5.74) is 0.447. The average molecular weight is 292 g/mol. The van der Waals surface area contributed by atoms with Crippen molar-refractivity contribution in [3.8, 4) is 0 Å².